The molecule has 0 unspecified atom stereocenters. The summed E-state index contributed by atoms with van der Waals surface area (Å²) in [4.78, 5) is 6.88. The molecule has 2 rings (SSSR count). The fourth-order valence-electron chi connectivity index (χ4n) is 3.26. The molecule has 3 N–H and O–H groups in total. The Morgan fingerprint density at radius 1 is 1.29 bits per heavy atom. The van der Waals surface area contributed by atoms with Crippen molar-refractivity contribution in [2.75, 3.05) is 11.9 Å². The van der Waals surface area contributed by atoms with E-state index in [9.17, 15) is 0 Å². The Labute approximate surface area is 126 Å². The third-order valence-electron chi connectivity index (χ3n) is 4.40. The van der Waals surface area contributed by atoms with Gasteiger partial charge in [-0.15, -0.1) is 0 Å². The summed E-state index contributed by atoms with van der Waals surface area (Å²) in [5, 5.41) is 12.2. The van der Waals surface area contributed by atoms with Crippen LogP contribution < -0.4 is 10.6 Å². The fourth-order valence-corrected chi connectivity index (χ4v) is 3.26. The van der Waals surface area contributed by atoms with Crippen LogP contribution in [0.1, 0.15) is 55.3 Å². The summed E-state index contributed by atoms with van der Waals surface area (Å²) in [7, 11) is 2.07. The first kappa shape index (κ1) is 15.6. The van der Waals surface area contributed by atoms with Gasteiger partial charge < -0.3 is 15.8 Å². The molecule has 1 aliphatic rings. The van der Waals surface area contributed by atoms with E-state index in [0.717, 1.165) is 22.6 Å². The lowest BCUT2D eigenvalue weighted by atomic mass is 10.0. The van der Waals surface area contributed by atoms with Crippen LogP contribution in [0.25, 0.3) is 0 Å². The zero-order valence-corrected chi connectivity index (χ0v) is 13.3. The van der Waals surface area contributed by atoms with Crippen LogP contribution in [0.5, 0.6) is 0 Å². The summed E-state index contributed by atoms with van der Waals surface area (Å²) in [5.41, 5.74) is 8.57. The van der Waals surface area contributed by atoms with E-state index >= 15 is 0 Å². The van der Waals surface area contributed by atoms with E-state index in [1.807, 2.05) is 19.9 Å². The maximum Gasteiger partial charge on any atom is 0.174 e. The highest BCUT2D eigenvalue weighted by molar-refractivity contribution is 6.02. The molecule has 0 saturated heterocycles. The van der Waals surface area contributed by atoms with Gasteiger partial charge in [-0.05, 0) is 38.3 Å². The van der Waals surface area contributed by atoms with Crippen molar-refractivity contribution in [1.29, 1.82) is 0 Å². The molecule has 0 atom stereocenters. The minimum absolute atomic E-state index is 0.135. The molecular weight excluding hydrogens is 264 g/mol. The molecule has 116 valence electrons. The zero-order chi connectivity index (χ0) is 15.4. The van der Waals surface area contributed by atoms with E-state index in [2.05, 4.69) is 22.1 Å². The van der Waals surface area contributed by atoms with Crippen LogP contribution in [0, 0.1) is 13.8 Å². The molecule has 0 radical (unpaired) electrons. The molecular formula is C16H26N4O. The van der Waals surface area contributed by atoms with Crippen molar-refractivity contribution in [3.8, 4) is 0 Å². The van der Waals surface area contributed by atoms with Gasteiger partial charge in [0.2, 0.25) is 0 Å². The quantitative estimate of drug-likeness (QED) is 0.295. The van der Waals surface area contributed by atoms with Gasteiger partial charge in [-0.1, -0.05) is 30.8 Å². The number of nitrogens with zero attached hydrogens (tertiary/aromatic N) is 3. The smallest absolute Gasteiger partial charge is 0.174 e. The number of aryl methyl sites for hydroxylation is 2. The van der Waals surface area contributed by atoms with Crippen molar-refractivity contribution in [3.63, 3.8) is 0 Å². The van der Waals surface area contributed by atoms with Gasteiger partial charge in [-0.3, -0.25) is 0 Å². The van der Waals surface area contributed by atoms with E-state index < -0.39 is 0 Å². The number of anilines is 1. The van der Waals surface area contributed by atoms with Crippen molar-refractivity contribution < 1.29 is 5.21 Å². The van der Waals surface area contributed by atoms with Crippen LogP contribution in [0.3, 0.4) is 0 Å². The van der Waals surface area contributed by atoms with Crippen LogP contribution in [-0.2, 0) is 0 Å². The van der Waals surface area contributed by atoms with E-state index in [1.54, 1.807) is 0 Å². The SMILES string of the molecule is Cc1cc(C)c(/C(N)=N/O)c(N(C)C2CCCCCC2)n1. The van der Waals surface area contributed by atoms with E-state index in [4.69, 9.17) is 10.9 Å². The average molecular weight is 290 g/mol. The highest BCUT2D eigenvalue weighted by Gasteiger charge is 2.23. The van der Waals surface area contributed by atoms with Crippen molar-refractivity contribution in [2.24, 2.45) is 10.9 Å². The first-order valence-corrected chi connectivity index (χ1v) is 7.73. The van der Waals surface area contributed by atoms with Gasteiger partial charge in [-0.2, -0.15) is 0 Å². The second-order valence-electron chi connectivity index (χ2n) is 6.02. The molecule has 0 spiro atoms. The summed E-state index contributed by atoms with van der Waals surface area (Å²) in [6.07, 6.45) is 7.52. The van der Waals surface area contributed by atoms with Crippen LogP contribution in [0.15, 0.2) is 11.2 Å². The number of oxime groups is 1. The Hall–Kier alpha value is -1.78. The van der Waals surface area contributed by atoms with Gasteiger partial charge >= 0.3 is 0 Å². The van der Waals surface area contributed by atoms with Crippen molar-refractivity contribution in [3.05, 3.63) is 22.9 Å². The van der Waals surface area contributed by atoms with Crippen molar-refractivity contribution >= 4 is 11.7 Å². The number of nitrogens with two attached hydrogens (primary N) is 1. The minimum atomic E-state index is 0.135. The summed E-state index contributed by atoms with van der Waals surface area (Å²) in [6.45, 7) is 3.96. The minimum Gasteiger partial charge on any atom is -0.409 e. The van der Waals surface area contributed by atoms with Crippen LogP contribution in [0.4, 0.5) is 5.82 Å². The molecule has 1 heterocycles. The molecule has 0 amide bonds. The fraction of sp³-hybridized carbons (Fsp3) is 0.625. The predicted molar refractivity (Wildman–Crippen MR) is 86.1 cm³/mol. The molecule has 1 aliphatic carbocycles. The molecule has 0 aliphatic heterocycles. The summed E-state index contributed by atoms with van der Waals surface area (Å²) in [5.74, 6) is 0.963. The zero-order valence-electron chi connectivity index (χ0n) is 13.3. The summed E-state index contributed by atoms with van der Waals surface area (Å²) >= 11 is 0. The predicted octanol–water partition coefficient (Wildman–Crippen LogP) is 2.95. The first-order valence-electron chi connectivity index (χ1n) is 7.73. The third-order valence-corrected chi connectivity index (χ3v) is 4.40. The number of hydrogen-bond donors (Lipinski definition) is 2. The number of hydrogen-bond acceptors (Lipinski definition) is 4. The number of rotatable bonds is 3. The number of pyridine rings is 1. The summed E-state index contributed by atoms with van der Waals surface area (Å²) < 4.78 is 0. The van der Waals surface area contributed by atoms with Gasteiger partial charge in [0, 0.05) is 18.8 Å². The monoisotopic (exact) mass is 290 g/mol. The second-order valence-corrected chi connectivity index (χ2v) is 6.02. The van der Waals surface area contributed by atoms with Gasteiger partial charge in [0.1, 0.15) is 5.82 Å². The lowest BCUT2D eigenvalue weighted by Crippen LogP contribution is -2.34. The van der Waals surface area contributed by atoms with E-state index in [-0.39, 0.29) is 5.84 Å². The Bertz CT molecular complexity index is 519. The molecule has 5 heteroatoms. The maximum absolute atomic E-state index is 9.06. The van der Waals surface area contributed by atoms with Gasteiger partial charge in [0.25, 0.3) is 0 Å². The average Bonchev–Trinajstić information content (AvgIpc) is 2.74. The van der Waals surface area contributed by atoms with Gasteiger partial charge in [0.05, 0.1) is 5.56 Å². The molecule has 1 aromatic heterocycles. The standard InChI is InChI=1S/C16H26N4O/c1-11-10-12(2)18-16(14(11)15(17)19-21)20(3)13-8-6-4-5-7-9-13/h10,13,21H,4-9H2,1-3H3,(H2,17,19). The van der Waals surface area contributed by atoms with Gasteiger partial charge in [-0.25, -0.2) is 4.98 Å². The van der Waals surface area contributed by atoms with Crippen LogP contribution >= 0.6 is 0 Å². The Kier molecular flexibility index (Phi) is 5.04. The normalized spacial score (nSPS) is 17.6. The lowest BCUT2D eigenvalue weighted by molar-refractivity contribution is 0.318. The summed E-state index contributed by atoms with van der Waals surface area (Å²) in [6, 6.07) is 2.45. The highest BCUT2D eigenvalue weighted by Crippen LogP contribution is 2.28. The Morgan fingerprint density at radius 3 is 2.48 bits per heavy atom. The molecule has 1 aromatic rings. The molecule has 1 saturated carbocycles. The first-order chi connectivity index (χ1) is 10.0. The molecule has 0 bridgehead atoms. The largest absolute Gasteiger partial charge is 0.409 e. The second kappa shape index (κ2) is 6.78. The third kappa shape index (κ3) is 3.46. The molecule has 21 heavy (non-hydrogen) atoms. The molecule has 5 nitrogen and oxygen atoms in total. The van der Waals surface area contributed by atoms with Gasteiger partial charge in [0.15, 0.2) is 5.84 Å². The highest BCUT2D eigenvalue weighted by atomic mass is 16.4. The van der Waals surface area contributed by atoms with E-state index in [0.29, 0.717) is 6.04 Å². The number of aromatic nitrogens is 1. The van der Waals surface area contributed by atoms with Crippen LogP contribution in [-0.4, -0.2) is 29.1 Å². The molecule has 1 fully saturated rings. The van der Waals surface area contributed by atoms with Crippen molar-refractivity contribution in [1.82, 2.24) is 4.98 Å². The molecule has 0 aromatic carbocycles. The van der Waals surface area contributed by atoms with Crippen molar-refractivity contribution in [2.45, 2.75) is 58.4 Å². The maximum atomic E-state index is 9.06. The Balaban J connectivity index is 2.41. The van der Waals surface area contributed by atoms with Crippen LogP contribution in [0.2, 0.25) is 0 Å². The number of amidine groups is 1. The lowest BCUT2D eigenvalue weighted by Gasteiger charge is -2.30. The topological polar surface area (TPSA) is 74.7 Å². The Morgan fingerprint density at radius 2 is 1.90 bits per heavy atom. The van der Waals surface area contributed by atoms with E-state index in [1.165, 1.54) is 38.5 Å².